The highest BCUT2D eigenvalue weighted by Crippen LogP contribution is 2.26. The topological polar surface area (TPSA) is 92.0 Å². The summed E-state index contributed by atoms with van der Waals surface area (Å²) < 4.78 is 1.33. The lowest BCUT2D eigenvalue weighted by atomic mass is 10.1. The van der Waals surface area contributed by atoms with Gasteiger partial charge in [-0.2, -0.15) is 4.52 Å². The quantitative estimate of drug-likeness (QED) is 0.489. The fraction of sp³-hybridized carbons (Fsp3) is 0. The SMILES string of the molecule is Nc1cc2nc(-c3c[nH]c4ccccc34)cc(=O)n2[nH]1. The summed E-state index contributed by atoms with van der Waals surface area (Å²) in [6.45, 7) is 0. The molecule has 20 heavy (non-hydrogen) atoms. The average molecular weight is 265 g/mol. The van der Waals surface area contributed by atoms with Gasteiger partial charge in [-0.05, 0) is 6.07 Å². The molecule has 0 aliphatic rings. The minimum atomic E-state index is -0.188. The summed E-state index contributed by atoms with van der Waals surface area (Å²) in [4.78, 5) is 19.7. The van der Waals surface area contributed by atoms with Crippen molar-refractivity contribution in [2.45, 2.75) is 0 Å². The van der Waals surface area contributed by atoms with Gasteiger partial charge in [0.05, 0.1) is 5.69 Å². The Kier molecular flexibility index (Phi) is 2.03. The van der Waals surface area contributed by atoms with Crippen LogP contribution in [0.25, 0.3) is 27.8 Å². The predicted octanol–water partition coefficient (Wildman–Crippen LogP) is 1.75. The fourth-order valence-corrected chi connectivity index (χ4v) is 2.43. The van der Waals surface area contributed by atoms with E-state index in [1.807, 2.05) is 30.5 Å². The molecule has 6 nitrogen and oxygen atoms in total. The molecule has 0 unspecified atom stereocenters. The van der Waals surface area contributed by atoms with Gasteiger partial charge in [0.25, 0.3) is 5.56 Å². The molecule has 4 aromatic rings. The molecule has 4 N–H and O–H groups in total. The summed E-state index contributed by atoms with van der Waals surface area (Å²) in [5.41, 5.74) is 8.52. The van der Waals surface area contributed by atoms with Gasteiger partial charge in [0.15, 0.2) is 5.65 Å². The number of nitrogens with two attached hydrogens (primary N) is 1. The number of aromatic nitrogens is 4. The van der Waals surface area contributed by atoms with E-state index in [0.717, 1.165) is 16.5 Å². The third-order valence-corrected chi connectivity index (χ3v) is 3.34. The van der Waals surface area contributed by atoms with Crippen molar-refractivity contribution in [2.24, 2.45) is 0 Å². The summed E-state index contributed by atoms with van der Waals surface area (Å²) in [5.74, 6) is 0.408. The van der Waals surface area contributed by atoms with Crippen molar-refractivity contribution >= 4 is 22.4 Å². The zero-order chi connectivity index (χ0) is 13.7. The Hall–Kier alpha value is -3.02. The number of rotatable bonds is 1. The maximum Gasteiger partial charge on any atom is 0.273 e. The van der Waals surface area contributed by atoms with Crippen LogP contribution in [0.2, 0.25) is 0 Å². The van der Waals surface area contributed by atoms with E-state index in [1.165, 1.54) is 10.6 Å². The van der Waals surface area contributed by atoms with E-state index >= 15 is 0 Å². The average Bonchev–Trinajstić information content (AvgIpc) is 3.01. The number of fused-ring (bicyclic) bond motifs is 2. The number of nitrogen functional groups attached to an aromatic ring is 1. The van der Waals surface area contributed by atoms with Gasteiger partial charge in [0, 0.05) is 34.8 Å². The highest BCUT2D eigenvalue weighted by atomic mass is 16.1. The zero-order valence-electron chi connectivity index (χ0n) is 10.4. The van der Waals surface area contributed by atoms with Gasteiger partial charge in [0.1, 0.15) is 5.82 Å². The van der Waals surface area contributed by atoms with E-state index in [4.69, 9.17) is 5.73 Å². The van der Waals surface area contributed by atoms with Gasteiger partial charge < -0.3 is 10.7 Å². The molecule has 0 spiro atoms. The van der Waals surface area contributed by atoms with Crippen LogP contribution < -0.4 is 11.3 Å². The normalized spacial score (nSPS) is 11.4. The molecule has 4 rings (SSSR count). The first-order valence-corrected chi connectivity index (χ1v) is 6.17. The van der Waals surface area contributed by atoms with Crippen LogP contribution in [0.1, 0.15) is 0 Å². The lowest BCUT2D eigenvalue weighted by Gasteiger charge is -1.99. The van der Waals surface area contributed by atoms with Crippen molar-refractivity contribution < 1.29 is 0 Å². The van der Waals surface area contributed by atoms with Crippen LogP contribution in [0.4, 0.5) is 5.82 Å². The highest BCUT2D eigenvalue weighted by Gasteiger charge is 2.10. The second-order valence-electron chi connectivity index (χ2n) is 4.63. The number of hydrogen-bond acceptors (Lipinski definition) is 3. The molecule has 0 aliphatic carbocycles. The third kappa shape index (κ3) is 1.45. The van der Waals surface area contributed by atoms with Crippen LogP contribution in [-0.4, -0.2) is 19.6 Å². The second-order valence-corrected chi connectivity index (χ2v) is 4.63. The molecule has 0 saturated carbocycles. The van der Waals surface area contributed by atoms with Crippen molar-refractivity contribution in [1.82, 2.24) is 19.6 Å². The van der Waals surface area contributed by atoms with E-state index in [9.17, 15) is 4.79 Å². The molecule has 0 saturated heterocycles. The number of nitrogens with one attached hydrogen (secondary N) is 2. The number of nitrogens with zero attached hydrogens (tertiary/aromatic N) is 2. The summed E-state index contributed by atoms with van der Waals surface area (Å²) in [5, 5.41) is 3.78. The molecule has 3 heterocycles. The Balaban J connectivity index is 2.04. The van der Waals surface area contributed by atoms with Crippen molar-refractivity contribution in [3.63, 3.8) is 0 Å². The molecule has 0 radical (unpaired) electrons. The molecule has 0 amide bonds. The molecule has 3 aromatic heterocycles. The molecule has 0 aliphatic heterocycles. The van der Waals surface area contributed by atoms with Gasteiger partial charge in [-0.3, -0.25) is 9.89 Å². The largest absolute Gasteiger partial charge is 0.384 e. The Labute approximate surface area is 112 Å². The van der Waals surface area contributed by atoms with Crippen LogP contribution in [0.5, 0.6) is 0 Å². The third-order valence-electron chi connectivity index (χ3n) is 3.34. The molecule has 6 heteroatoms. The number of H-pyrrole nitrogens is 2. The lowest BCUT2D eigenvalue weighted by molar-refractivity contribution is 0.906. The number of aromatic amines is 2. The Morgan fingerprint density at radius 2 is 2.05 bits per heavy atom. The minimum absolute atomic E-state index is 0.188. The van der Waals surface area contributed by atoms with Crippen molar-refractivity contribution in [3.8, 4) is 11.3 Å². The standard InChI is InChI=1S/C14H11N5O/c15-12-6-13-17-11(5-14(20)19(13)18-12)9-7-16-10-4-2-1-3-8(9)10/h1-7,16,18H,15H2. The number of benzene rings is 1. The van der Waals surface area contributed by atoms with Crippen LogP contribution in [0.15, 0.2) is 47.4 Å². The minimum Gasteiger partial charge on any atom is -0.384 e. The molecule has 98 valence electrons. The smallest absolute Gasteiger partial charge is 0.273 e. The predicted molar refractivity (Wildman–Crippen MR) is 77.5 cm³/mol. The van der Waals surface area contributed by atoms with Gasteiger partial charge in [-0.15, -0.1) is 0 Å². The van der Waals surface area contributed by atoms with Gasteiger partial charge >= 0.3 is 0 Å². The first-order valence-electron chi connectivity index (χ1n) is 6.17. The van der Waals surface area contributed by atoms with Crippen LogP contribution in [0.3, 0.4) is 0 Å². The van der Waals surface area contributed by atoms with Crippen molar-refractivity contribution in [1.29, 1.82) is 0 Å². The zero-order valence-corrected chi connectivity index (χ0v) is 10.4. The maximum absolute atomic E-state index is 12.1. The first kappa shape index (κ1) is 10.9. The Morgan fingerprint density at radius 3 is 2.95 bits per heavy atom. The van der Waals surface area contributed by atoms with E-state index in [1.54, 1.807) is 6.07 Å². The van der Waals surface area contributed by atoms with E-state index in [-0.39, 0.29) is 5.56 Å². The van der Waals surface area contributed by atoms with Gasteiger partial charge in [-0.1, -0.05) is 18.2 Å². The molecule has 0 bridgehead atoms. The summed E-state index contributed by atoms with van der Waals surface area (Å²) in [6.07, 6.45) is 1.86. The molecular weight excluding hydrogens is 254 g/mol. The molecule has 0 atom stereocenters. The molecule has 0 fully saturated rings. The van der Waals surface area contributed by atoms with Crippen molar-refractivity contribution in [2.75, 3.05) is 5.73 Å². The number of para-hydroxylation sites is 1. The van der Waals surface area contributed by atoms with Crippen LogP contribution >= 0.6 is 0 Å². The summed E-state index contributed by atoms with van der Waals surface area (Å²) >= 11 is 0. The summed E-state index contributed by atoms with van der Waals surface area (Å²) in [7, 11) is 0. The fourth-order valence-electron chi connectivity index (χ4n) is 2.43. The highest BCUT2D eigenvalue weighted by molar-refractivity contribution is 5.94. The maximum atomic E-state index is 12.1. The second kappa shape index (κ2) is 3.74. The van der Waals surface area contributed by atoms with E-state index < -0.39 is 0 Å². The number of anilines is 1. The molecular formula is C14H11N5O. The van der Waals surface area contributed by atoms with Crippen LogP contribution in [0, 0.1) is 0 Å². The van der Waals surface area contributed by atoms with E-state index in [2.05, 4.69) is 15.1 Å². The summed E-state index contributed by atoms with van der Waals surface area (Å²) in [6, 6.07) is 11.0. The lowest BCUT2D eigenvalue weighted by Crippen LogP contribution is -2.14. The first-order chi connectivity index (χ1) is 9.72. The van der Waals surface area contributed by atoms with Gasteiger partial charge in [-0.25, -0.2) is 4.98 Å². The molecule has 1 aromatic carbocycles. The Morgan fingerprint density at radius 1 is 1.20 bits per heavy atom. The van der Waals surface area contributed by atoms with Gasteiger partial charge in [0.2, 0.25) is 0 Å². The van der Waals surface area contributed by atoms with Crippen LogP contribution in [-0.2, 0) is 0 Å². The van der Waals surface area contributed by atoms with Crippen molar-refractivity contribution in [3.05, 3.63) is 52.9 Å². The van der Waals surface area contributed by atoms with E-state index in [0.29, 0.717) is 17.2 Å². The monoisotopic (exact) mass is 265 g/mol. The number of hydrogen-bond donors (Lipinski definition) is 3. The Bertz CT molecular complexity index is 992.